The first-order chi connectivity index (χ1) is 11.2. The molecule has 1 saturated carbocycles. The van der Waals surface area contributed by atoms with Crippen molar-refractivity contribution in [2.45, 2.75) is 38.6 Å². The maximum atomic E-state index is 12.5. The summed E-state index contributed by atoms with van der Waals surface area (Å²) < 4.78 is 5.14. The summed E-state index contributed by atoms with van der Waals surface area (Å²) in [6.45, 7) is 2.17. The molecule has 0 spiro atoms. The van der Waals surface area contributed by atoms with E-state index in [0.29, 0.717) is 12.2 Å². The van der Waals surface area contributed by atoms with Crippen molar-refractivity contribution in [1.82, 2.24) is 15.5 Å². The number of hydrogen-bond donors (Lipinski definition) is 2. The fourth-order valence-corrected chi connectivity index (χ4v) is 3.17. The number of ether oxygens (including phenoxy) is 1. The van der Waals surface area contributed by atoms with E-state index in [1.165, 1.54) is 0 Å². The average Bonchev–Trinajstić information content (AvgIpc) is 3.03. The predicted molar refractivity (Wildman–Crippen MR) is 85.9 cm³/mol. The van der Waals surface area contributed by atoms with E-state index in [4.69, 9.17) is 4.74 Å². The van der Waals surface area contributed by atoms with Crippen LogP contribution < -0.4 is 5.32 Å². The second-order valence-corrected chi connectivity index (χ2v) is 5.89. The third-order valence-electron chi connectivity index (χ3n) is 4.37. The molecule has 2 unspecified atom stereocenters. The lowest BCUT2D eigenvalue weighted by molar-refractivity contribution is -0.150. The van der Waals surface area contributed by atoms with E-state index in [1.54, 1.807) is 25.3 Å². The molecule has 2 N–H and O–H groups in total. The number of fused-ring (bicyclic) bond motifs is 1. The molecule has 2 atom stereocenters. The second kappa shape index (κ2) is 6.81. The molecule has 6 heteroatoms. The van der Waals surface area contributed by atoms with Crippen LogP contribution in [0.3, 0.4) is 0 Å². The van der Waals surface area contributed by atoms with Gasteiger partial charge in [0.25, 0.3) is 5.91 Å². The van der Waals surface area contributed by atoms with Crippen LogP contribution in [0.2, 0.25) is 0 Å². The molecule has 1 aliphatic carbocycles. The number of aromatic nitrogens is 2. The van der Waals surface area contributed by atoms with Gasteiger partial charge in [0.15, 0.2) is 0 Å². The Kier molecular flexibility index (Phi) is 4.60. The summed E-state index contributed by atoms with van der Waals surface area (Å²) in [5.41, 5.74) is 1.47. The summed E-state index contributed by atoms with van der Waals surface area (Å²) in [7, 11) is 0. The lowest BCUT2D eigenvalue weighted by atomic mass is 9.84. The quantitative estimate of drug-likeness (QED) is 0.849. The highest BCUT2D eigenvalue weighted by Gasteiger charge is 2.33. The highest BCUT2D eigenvalue weighted by molar-refractivity contribution is 5.98. The molecule has 3 rings (SSSR count). The van der Waals surface area contributed by atoms with Crippen molar-refractivity contribution in [3.63, 3.8) is 0 Å². The summed E-state index contributed by atoms with van der Waals surface area (Å²) in [6.07, 6.45) is 5.28. The molecular formula is C17H21N3O3. The smallest absolute Gasteiger partial charge is 0.311 e. The molecule has 1 heterocycles. The Morgan fingerprint density at radius 1 is 1.35 bits per heavy atom. The van der Waals surface area contributed by atoms with Gasteiger partial charge >= 0.3 is 5.97 Å². The topological polar surface area (TPSA) is 84.1 Å². The van der Waals surface area contributed by atoms with Crippen LogP contribution in [0.4, 0.5) is 0 Å². The van der Waals surface area contributed by atoms with Crippen molar-refractivity contribution in [1.29, 1.82) is 0 Å². The number of aromatic amines is 1. The molecule has 0 radical (unpaired) electrons. The van der Waals surface area contributed by atoms with Crippen molar-refractivity contribution >= 4 is 22.8 Å². The number of esters is 1. The Morgan fingerprint density at radius 3 is 3.00 bits per heavy atom. The number of amides is 1. The van der Waals surface area contributed by atoms with E-state index in [0.717, 1.165) is 36.6 Å². The van der Waals surface area contributed by atoms with Gasteiger partial charge in [-0.05, 0) is 38.0 Å². The van der Waals surface area contributed by atoms with Gasteiger partial charge in [-0.2, -0.15) is 5.10 Å². The number of hydrogen-bond acceptors (Lipinski definition) is 4. The summed E-state index contributed by atoms with van der Waals surface area (Å²) in [6, 6.07) is 5.24. The van der Waals surface area contributed by atoms with Crippen LogP contribution >= 0.6 is 0 Å². The van der Waals surface area contributed by atoms with Crippen LogP contribution in [0.25, 0.3) is 10.9 Å². The van der Waals surface area contributed by atoms with Crippen molar-refractivity contribution in [2.75, 3.05) is 6.61 Å². The van der Waals surface area contributed by atoms with Gasteiger partial charge in [0, 0.05) is 17.0 Å². The van der Waals surface area contributed by atoms with Crippen LogP contribution in [0.5, 0.6) is 0 Å². The largest absolute Gasteiger partial charge is 0.466 e. The van der Waals surface area contributed by atoms with E-state index in [1.807, 2.05) is 6.07 Å². The Bertz CT molecular complexity index is 710. The minimum Gasteiger partial charge on any atom is -0.466 e. The molecule has 122 valence electrons. The highest BCUT2D eigenvalue weighted by Crippen LogP contribution is 2.26. The minimum absolute atomic E-state index is 0.157. The number of carbonyl (C=O) groups is 2. The summed E-state index contributed by atoms with van der Waals surface area (Å²) in [5, 5.41) is 10.7. The number of rotatable bonds is 4. The van der Waals surface area contributed by atoms with Gasteiger partial charge in [-0.15, -0.1) is 0 Å². The van der Waals surface area contributed by atoms with Gasteiger partial charge in [0.2, 0.25) is 0 Å². The van der Waals surface area contributed by atoms with Gasteiger partial charge in [0.1, 0.15) is 0 Å². The number of nitrogens with one attached hydrogen (secondary N) is 2. The molecule has 1 amide bonds. The van der Waals surface area contributed by atoms with Crippen LogP contribution in [-0.4, -0.2) is 34.7 Å². The predicted octanol–water partition coefficient (Wildman–Crippen LogP) is 2.41. The fraction of sp³-hybridized carbons (Fsp3) is 0.471. The molecule has 1 aromatic heterocycles. The van der Waals surface area contributed by atoms with Gasteiger partial charge in [0.05, 0.1) is 24.2 Å². The van der Waals surface area contributed by atoms with E-state index in [2.05, 4.69) is 15.5 Å². The van der Waals surface area contributed by atoms with Crippen molar-refractivity contribution in [2.24, 2.45) is 5.92 Å². The average molecular weight is 315 g/mol. The van der Waals surface area contributed by atoms with Crippen LogP contribution in [0.15, 0.2) is 24.4 Å². The van der Waals surface area contributed by atoms with E-state index in [-0.39, 0.29) is 23.8 Å². The molecule has 0 bridgehead atoms. The number of H-pyrrole nitrogens is 1. The van der Waals surface area contributed by atoms with Crippen molar-refractivity contribution in [3.8, 4) is 0 Å². The Hall–Kier alpha value is -2.37. The lowest BCUT2D eigenvalue weighted by Gasteiger charge is -2.30. The molecule has 1 fully saturated rings. The van der Waals surface area contributed by atoms with Gasteiger partial charge in [-0.3, -0.25) is 14.7 Å². The third kappa shape index (κ3) is 3.36. The van der Waals surface area contributed by atoms with Crippen LogP contribution in [-0.2, 0) is 9.53 Å². The number of nitrogens with zero attached hydrogens (tertiary/aromatic N) is 1. The van der Waals surface area contributed by atoms with Crippen LogP contribution in [0, 0.1) is 5.92 Å². The minimum atomic E-state index is -0.245. The number of benzene rings is 1. The molecule has 6 nitrogen and oxygen atoms in total. The molecule has 0 aliphatic heterocycles. The van der Waals surface area contributed by atoms with Gasteiger partial charge in [-0.25, -0.2) is 0 Å². The maximum absolute atomic E-state index is 12.5. The first-order valence-corrected chi connectivity index (χ1v) is 8.09. The first kappa shape index (κ1) is 15.5. The highest BCUT2D eigenvalue weighted by atomic mass is 16.5. The zero-order chi connectivity index (χ0) is 16.2. The Morgan fingerprint density at radius 2 is 2.17 bits per heavy atom. The number of carbonyl (C=O) groups excluding carboxylic acids is 2. The maximum Gasteiger partial charge on any atom is 0.311 e. The van der Waals surface area contributed by atoms with Crippen molar-refractivity contribution in [3.05, 3.63) is 30.0 Å². The van der Waals surface area contributed by atoms with E-state index in [9.17, 15) is 9.59 Å². The molecule has 23 heavy (non-hydrogen) atoms. The zero-order valence-electron chi connectivity index (χ0n) is 13.2. The van der Waals surface area contributed by atoms with E-state index >= 15 is 0 Å². The van der Waals surface area contributed by atoms with E-state index < -0.39 is 0 Å². The van der Waals surface area contributed by atoms with Crippen molar-refractivity contribution < 1.29 is 14.3 Å². The Balaban J connectivity index is 1.72. The lowest BCUT2D eigenvalue weighted by Crippen LogP contribution is -2.45. The fourth-order valence-electron chi connectivity index (χ4n) is 3.17. The molecule has 0 saturated heterocycles. The van der Waals surface area contributed by atoms with Gasteiger partial charge < -0.3 is 10.1 Å². The third-order valence-corrected chi connectivity index (χ3v) is 4.37. The standard InChI is InChI=1S/C17H21N3O3/c1-2-23-17(22)13-5-3-4-6-15(13)19-16(21)11-7-8-14-12(9-11)10-18-20-14/h7-10,13,15H,2-6H2,1H3,(H,18,20)(H,19,21). The Labute approximate surface area is 134 Å². The molecular weight excluding hydrogens is 294 g/mol. The summed E-state index contributed by atoms with van der Waals surface area (Å²) in [5.74, 6) is -0.609. The monoisotopic (exact) mass is 315 g/mol. The molecule has 1 aliphatic rings. The van der Waals surface area contributed by atoms with Gasteiger partial charge in [-0.1, -0.05) is 12.8 Å². The summed E-state index contributed by atoms with van der Waals surface area (Å²) in [4.78, 5) is 24.6. The summed E-state index contributed by atoms with van der Waals surface area (Å²) >= 11 is 0. The second-order valence-electron chi connectivity index (χ2n) is 5.89. The molecule has 1 aromatic carbocycles. The SMILES string of the molecule is CCOC(=O)C1CCCCC1NC(=O)c1ccc2[nH]ncc2c1. The van der Waals surface area contributed by atoms with Crippen LogP contribution in [0.1, 0.15) is 43.0 Å². The first-order valence-electron chi connectivity index (χ1n) is 8.09. The zero-order valence-corrected chi connectivity index (χ0v) is 13.2. The normalized spacial score (nSPS) is 21.1. The molecule has 2 aromatic rings.